The van der Waals surface area contributed by atoms with Crippen LogP contribution in [0.15, 0.2) is 35.1 Å². The topological polar surface area (TPSA) is 74.8 Å². The van der Waals surface area contributed by atoms with Crippen molar-refractivity contribution in [3.05, 3.63) is 52.3 Å². The fourth-order valence-corrected chi connectivity index (χ4v) is 1.68. The molecule has 1 heterocycles. The van der Waals surface area contributed by atoms with Crippen molar-refractivity contribution in [2.45, 2.75) is 13.3 Å². The van der Waals surface area contributed by atoms with Gasteiger partial charge >= 0.3 is 5.69 Å². The molecular formula is C14H14FN3O2. The van der Waals surface area contributed by atoms with Gasteiger partial charge in [-0.05, 0) is 36.8 Å². The van der Waals surface area contributed by atoms with E-state index in [0.717, 1.165) is 6.42 Å². The summed E-state index contributed by atoms with van der Waals surface area (Å²) >= 11 is 0. The van der Waals surface area contributed by atoms with Crippen LogP contribution in [0.2, 0.25) is 0 Å². The maximum absolute atomic E-state index is 12.9. The highest BCUT2D eigenvalue weighted by Gasteiger charge is 2.10. The molecule has 5 nitrogen and oxygen atoms in total. The molecule has 0 bridgehead atoms. The minimum Gasteiger partial charge on any atom is -0.351 e. The Labute approximate surface area is 114 Å². The van der Waals surface area contributed by atoms with E-state index in [4.69, 9.17) is 0 Å². The Bertz CT molecular complexity index is 665. The molecule has 0 spiro atoms. The highest BCUT2D eigenvalue weighted by Crippen LogP contribution is 2.16. The molecule has 0 atom stereocenters. The number of hydrogen-bond donors (Lipinski definition) is 2. The van der Waals surface area contributed by atoms with Crippen molar-refractivity contribution in [3.63, 3.8) is 0 Å². The third-order valence-corrected chi connectivity index (χ3v) is 2.66. The summed E-state index contributed by atoms with van der Waals surface area (Å²) in [6, 6.07) is 7.03. The van der Waals surface area contributed by atoms with Crippen molar-refractivity contribution in [2.75, 3.05) is 6.54 Å². The molecule has 2 N–H and O–H groups in total. The molecule has 2 rings (SSSR count). The smallest absolute Gasteiger partial charge is 0.346 e. The summed E-state index contributed by atoms with van der Waals surface area (Å²) in [7, 11) is 0. The Morgan fingerprint density at radius 3 is 2.70 bits per heavy atom. The highest BCUT2D eigenvalue weighted by molar-refractivity contribution is 5.93. The number of nitrogens with one attached hydrogen (secondary N) is 2. The largest absolute Gasteiger partial charge is 0.351 e. The summed E-state index contributed by atoms with van der Waals surface area (Å²) in [5, 5.41) is 2.67. The zero-order chi connectivity index (χ0) is 14.5. The van der Waals surface area contributed by atoms with E-state index in [1.165, 1.54) is 30.3 Å². The molecule has 1 aromatic heterocycles. The summed E-state index contributed by atoms with van der Waals surface area (Å²) in [6.45, 7) is 2.45. The summed E-state index contributed by atoms with van der Waals surface area (Å²) in [4.78, 5) is 29.5. The first kappa shape index (κ1) is 13.9. The number of aromatic amines is 1. The van der Waals surface area contributed by atoms with Crippen LogP contribution in [-0.4, -0.2) is 22.4 Å². The molecule has 0 saturated heterocycles. The fraction of sp³-hybridized carbons (Fsp3) is 0.214. The van der Waals surface area contributed by atoms with E-state index >= 15 is 0 Å². The van der Waals surface area contributed by atoms with Crippen molar-refractivity contribution in [3.8, 4) is 11.3 Å². The van der Waals surface area contributed by atoms with Gasteiger partial charge in [-0.3, -0.25) is 4.79 Å². The number of nitrogens with zero attached hydrogens (tertiary/aromatic N) is 1. The molecule has 0 aliphatic rings. The third-order valence-electron chi connectivity index (χ3n) is 2.66. The molecule has 1 aromatic carbocycles. The van der Waals surface area contributed by atoms with Crippen LogP contribution in [0.3, 0.4) is 0 Å². The van der Waals surface area contributed by atoms with Crippen LogP contribution in [-0.2, 0) is 0 Å². The Hall–Kier alpha value is -2.50. The SMILES string of the molecule is CCCNC(=O)c1cc(-c2ccc(F)cc2)nc(=O)[nH]1. The lowest BCUT2D eigenvalue weighted by molar-refractivity contribution is 0.0948. The summed E-state index contributed by atoms with van der Waals surface area (Å²) in [6.07, 6.45) is 0.797. The third kappa shape index (κ3) is 3.28. The fourth-order valence-electron chi connectivity index (χ4n) is 1.68. The molecule has 0 aliphatic heterocycles. The van der Waals surface area contributed by atoms with Crippen molar-refractivity contribution in [1.29, 1.82) is 0 Å². The minimum absolute atomic E-state index is 0.137. The van der Waals surface area contributed by atoms with Gasteiger partial charge in [-0.15, -0.1) is 0 Å². The van der Waals surface area contributed by atoms with Gasteiger partial charge in [-0.25, -0.2) is 9.18 Å². The maximum atomic E-state index is 12.9. The monoisotopic (exact) mass is 275 g/mol. The van der Waals surface area contributed by atoms with Crippen molar-refractivity contribution in [1.82, 2.24) is 15.3 Å². The highest BCUT2D eigenvalue weighted by atomic mass is 19.1. The molecule has 0 saturated carbocycles. The lowest BCUT2D eigenvalue weighted by Crippen LogP contribution is -2.27. The first-order valence-corrected chi connectivity index (χ1v) is 6.25. The van der Waals surface area contributed by atoms with Gasteiger partial charge in [0.2, 0.25) is 0 Å². The van der Waals surface area contributed by atoms with Crippen LogP contribution >= 0.6 is 0 Å². The number of H-pyrrole nitrogens is 1. The number of amides is 1. The van der Waals surface area contributed by atoms with Crippen LogP contribution in [0.1, 0.15) is 23.8 Å². The standard InChI is InChI=1S/C14H14FN3O2/c1-2-7-16-13(19)12-8-11(17-14(20)18-12)9-3-5-10(15)6-4-9/h3-6,8H,2,7H2,1H3,(H,16,19)(H,17,18,20). The van der Waals surface area contributed by atoms with E-state index in [1.807, 2.05) is 6.92 Å². The van der Waals surface area contributed by atoms with Gasteiger partial charge in [-0.1, -0.05) is 6.92 Å². The van der Waals surface area contributed by atoms with Crippen molar-refractivity contribution in [2.24, 2.45) is 0 Å². The van der Waals surface area contributed by atoms with Crippen molar-refractivity contribution < 1.29 is 9.18 Å². The van der Waals surface area contributed by atoms with Crippen molar-refractivity contribution >= 4 is 5.91 Å². The molecule has 0 aliphatic carbocycles. The maximum Gasteiger partial charge on any atom is 0.346 e. The average molecular weight is 275 g/mol. The Morgan fingerprint density at radius 2 is 2.05 bits per heavy atom. The zero-order valence-corrected chi connectivity index (χ0v) is 10.9. The number of rotatable bonds is 4. The molecule has 6 heteroatoms. The molecule has 0 unspecified atom stereocenters. The number of carbonyl (C=O) groups is 1. The van der Waals surface area contributed by atoms with Crippen LogP contribution < -0.4 is 11.0 Å². The second-order valence-electron chi connectivity index (χ2n) is 4.25. The van der Waals surface area contributed by atoms with Gasteiger partial charge < -0.3 is 10.3 Å². The van der Waals surface area contributed by atoms with Gasteiger partial charge in [0.1, 0.15) is 11.5 Å². The predicted octanol–water partition coefficient (Wildman–Crippen LogP) is 1.72. The number of hydrogen-bond acceptors (Lipinski definition) is 3. The molecular weight excluding hydrogens is 261 g/mol. The van der Waals surface area contributed by atoms with Gasteiger partial charge in [0, 0.05) is 12.1 Å². The molecule has 1 amide bonds. The summed E-state index contributed by atoms with van der Waals surface area (Å²) < 4.78 is 12.9. The molecule has 104 valence electrons. The van der Waals surface area contributed by atoms with Gasteiger partial charge in [0.15, 0.2) is 0 Å². The zero-order valence-electron chi connectivity index (χ0n) is 10.9. The van der Waals surface area contributed by atoms with Crippen LogP contribution in [0.5, 0.6) is 0 Å². The quantitative estimate of drug-likeness (QED) is 0.892. The first-order valence-electron chi connectivity index (χ1n) is 6.25. The second-order valence-corrected chi connectivity index (χ2v) is 4.25. The van der Waals surface area contributed by atoms with E-state index < -0.39 is 5.69 Å². The second kappa shape index (κ2) is 6.10. The van der Waals surface area contributed by atoms with Gasteiger partial charge in [0.25, 0.3) is 5.91 Å². The number of aromatic nitrogens is 2. The lowest BCUT2D eigenvalue weighted by atomic mass is 10.1. The lowest BCUT2D eigenvalue weighted by Gasteiger charge is -2.05. The first-order chi connectivity index (χ1) is 9.60. The number of carbonyl (C=O) groups excluding carboxylic acids is 1. The van der Waals surface area contributed by atoms with Crippen LogP contribution in [0.4, 0.5) is 4.39 Å². The number of halogens is 1. The molecule has 0 fully saturated rings. The van der Waals surface area contributed by atoms with E-state index in [9.17, 15) is 14.0 Å². The molecule has 20 heavy (non-hydrogen) atoms. The van der Waals surface area contributed by atoms with Gasteiger partial charge in [-0.2, -0.15) is 4.98 Å². The van der Waals surface area contributed by atoms with E-state index in [1.54, 1.807) is 0 Å². The van der Waals surface area contributed by atoms with Crippen LogP contribution in [0, 0.1) is 5.82 Å². The molecule has 2 aromatic rings. The summed E-state index contributed by atoms with van der Waals surface area (Å²) in [5.74, 6) is -0.741. The minimum atomic E-state index is -0.617. The average Bonchev–Trinajstić information content (AvgIpc) is 2.44. The summed E-state index contributed by atoms with van der Waals surface area (Å²) in [5.41, 5.74) is 0.420. The Kier molecular flexibility index (Phi) is 4.24. The number of benzene rings is 1. The van der Waals surface area contributed by atoms with E-state index in [-0.39, 0.29) is 17.4 Å². The van der Waals surface area contributed by atoms with E-state index in [2.05, 4.69) is 15.3 Å². The normalized spacial score (nSPS) is 10.3. The Balaban J connectivity index is 2.36. The van der Waals surface area contributed by atoms with Gasteiger partial charge in [0.05, 0.1) is 5.69 Å². The molecule has 0 radical (unpaired) electrons. The Morgan fingerprint density at radius 1 is 1.35 bits per heavy atom. The van der Waals surface area contributed by atoms with E-state index in [0.29, 0.717) is 17.8 Å². The van der Waals surface area contributed by atoms with Crippen LogP contribution in [0.25, 0.3) is 11.3 Å². The predicted molar refractivity (Wildman–Crippen MR) is 72.9 cm³/mol.